The number of fused-ring (bicyclic) bond motifs is 5. The summed E-state index contributed by atoms with van der Waals surface area (Å²) in [7, 11) is 3.93. The second-order valence-corrected chi connectivity index (χ2v) is 12.0. The number of pyridine rings is 1. The number of halogens is 3. The van der Waals surface area contributed by atoms with Gasteiger partial charge in [-0.05, 0) is 51.4 Å². The van der Waals surface area contributed by atoms with Crippen molar-refractivity contribution in [2.75, 3.05) is 56.6 Å². The first-order chi connectivity index (χ1) is 20.2. The van der Waals surface area contributed by atoms with E-state index in [4.69, 9.17) is 25.7 Å². The number of rotatable bonds is 4. The molecule has 0 bridgehead atoms. The van der Waals surface area contributed by atoms with Gasteiger partial charge in [-0.2, -0.15) is 0 Å². The summed E-state index contributed by atoms with van der Waals surface area (Å²) in [5.41, 5.74) is 1.63. The van der Waals surface area contributed by atoms with Gasteiger partial charge in [0.1, 0.15) is 28.7 Å². The van der Waals surface area contributed by atoms with E-state index in [0.29, 0.717) is 49.4 Å². The lowest BCUT2D eigenvalue weighted by atomic mass is 9.95. The van der Waals surface area contributed by atoms with Crippen molar-refractivity contribution in [2.45, 2.75) is 25.1 Å². The van der Waals surface area contributed by atoms with Gasteiger partial charge in [0.2, 0.25) is 11.8 Å². The molecule has 0 N–H and O–H groups in total. The van der Waals surface area contributed by atoms with Crippen LogP contribution >= 0.6 is 11.6 Å². The number of anilines is 2. The van der Waals surface area contributed by atoms with E-state index in [0.717, 1.165) is 11.4 Å². The Morgan fingerprint density at radius 3 is 2.74 bits per heavy atom. The number of ether oxygens (including phenoxy) is 1. The van der Waals surface area contributed by atoms with Crippen LogP contribution < -0.4 is 14.5 Å². The Balaban J connectivity index is 1.47. The van der Waals surface area contributed by atoms with Crippen LogP contribution in [0.1, 0.15) is 6.92 Å². The Kier molecular flexibility index (Phi) is 6.32. The molecular weight excluding hydrogens is 564 g/mol. The van der Waals surface area contributed by atoms with Crippen molar-refractivity contribution >= 4 is 50.8 Å². The van der Waals surface area contributed by atoms with Crippen LogP contribution in [-0.2, 0) is 4.79 Å². The van der Waals surface area contributed by atoms with Gasteiger partial charge in [0.05, 0.1) is 35.1 Å². The highest BCUT2D eigenvalue weighted by Crippen LogP contribution is 2.51. The lowest BCUT2D eigenvalue weighted by Gasteiger charge is -2.53. The SMILES string of the molecule is C=CC(=O)N1C[C@H]2CN3C[C@@H](CN(C)C)Oc4nc5c(F)c(-c6c(F)ccc7ccoc67)c(Cl)cc5c(c43)N2C[C@H]1C. The fourth-order valence-electron chi connectivity index (χ4n) is 6.76. The van der Waals surface area contributed by atoms with Crippen molar-refractivity contribution in [3.63, 3.8) is 0 Å². The van der Waals surface area contributed by atoms with Crippen molar-refractivity contribution in [3.05, 3.63) is 59.8 Å². The number of likely N-dealkylation sites (N-methyl/N-ethyl adjacent to an activating group) is 1. The summed E-state index contributed by atoms with van der Waals surface area (Å²) >= 11 is 6.81. The Hall–Kier alpha value is -3.89. The fourth-order valence-corrected chi connectivity index (χ4v) is 7.04. The van der Waals surface area contributed by atoms with E-state index in [9.17, 15) is 4.79 Å². The smallest absolute Gasteiger partial charge is 0.246 e. The van der Waals surface area contributed by atoms with E-state index in [2.05, 4.69) is 16.4 Å². The second kappa shape index (κ2) is 9.84. The van der Waals surface area contributed by atoms with E-state index in [-0.39, 0.29) is 51.3 Å². The molecule has 3 aliphatic rings. The number of carbonyl (C=O) groups is 1. The number of piperazine rings is 1. The average Bonchev–Trinajstić information content (AvgIpc) is 3.42. The summed E-state index contributed by atoms with van der Waals surface area (Å²) in [6.45, 7) is 8.57. The Bertz CT molecular complexity index is 1780. The number of aromatic nitrogens is 1. The van der Waals surface area contributed by atoms with Crippen LogP contribution in [0.15, 0.2) is 47.6 Å². The third-order valence-corrected chi connectivity index (χ3v) is 8.81. The third kappa shape index (κ3) is 4.03. The minimum atomic E-state index is -0.750. The highest BCUT2D eigenvalue weighted by atomic mass is 35.5. The highest BCUT2D eigenvalue weighted by molar-refractivity contribution is 6.35. The molecule has 0 unspecified atom stereocenters. The van der Waals surface area contributed by atoms with Gasteiger partial charge in [-0.3, -0.25) is 4.79 Å². The predicted molar refractivity (Wildman–Crippen MR) is 160 cm³/mol. The number of hydrogen-bond acceptors (Lipinski definition) is 7. The summed E-state index contributed by atoms with van der Waals surface area (Å²) in [6, 6.07) is 6.03. The van der Waals surface area contributed by atoms with Crippen molar-refractivity contribution in [2.24, 2.45) is 0 Å². The van der Waals surface area contributed by atoms with E-state index >= 15 is 8.78 Å². The zero-order valence-electron chi connectivity index (χ0n) is 23.5. The van der Waals surface area contributed by atoms with Crippen LogP contribution in [0.4, 0.5) is 20.2 Å². The van der Waals surface area contributed by atoms with E-state index in [1.807, 2.05) is 30.8 Å². The summed E-state index contributed by atoms with van der Waals surface area (Å²) in [6.07, 6.45) is 2.57. The molecule has 3 aliphatic heterocycles. The van der Waals surface area contributed by atoms with Crippen molar-refractivity contribution < 1.29 is 22.7 Å². The van der Waals surface area contributed by atoms with Gasteiger partial charge in [-0.1, -0.05) is 18.2 Å². The minimum Gasteiger partial charge on any atom is -0.470 e. The summed E-state index contributed by atoms with van der Waals surface area (Å²) in [5, 5.41) is 1.18. The molecule has 5 heterocycles. The monoisotopic (exact) mass is 593 g/mol. The summed E-state index contributed by atoms with van der Waals surface area (Å²) in [4.78, 5) is 25.7. The molecule has 1 amide bonds. The Labute approximate surface area is 246 Å². The molecule has 0 aliphatic carbocycles. The minimum absolute atomic E-state index is 0.0365. The van der Waals surface area contributed by atoms with Gasteiger partial charge in [-0.15, -0.1) is 0 Å². The number of nitrogens with zero attached hydrogens (tertiary/aromatic N) is 5. The van der Waals surface area contributed by atoms with Crippen LogP contribution in [0.5, 0.6) is 5.88 Å². The molecule has 0 spiro atoms. The van der Waals surface area contributed by atoms with Crippen LogP contribution in [0, 0.1) is 11.6 Å². The molecule has 4 aromatic rings. The van der Waals surface area contributed by atoms with Crippen molar-refractivity contribution in [1.82, 2.24) is 14.8 Å². The molecular formula is C31H30ClF2N5O3. The molecule has 2 aromatic carbocycles. The van der Waals surface area contributed by atoms with Crippen molar-refractivity contribution in [1.29, 1.82) is 0 Å². The number of amides is 1. The summed E-state index contributed by atoms with van der Waals surface area (Å²) in [5.74, 6) is -1.19. The quantitative estimate of drug-likeness (QED) is 0.297. The largest absolute Gasteiger partial charge is 0.470 e. The lowest BCUT2D eigenvalue weighted by Crippen LogP contribution is -2.65. The normalized spacial score (nSPS) is 21.5. The van der Waals surface area contributed by atoms with Gasteiger partial charge < -0.3 is 28.8 Å². The molecule has 0 saturated carbocycles. The van der Waals surface area contributed by atoms with Crippen LogP contribution in [0.25, 0.3) is 33.0 Å². The molecule has 0 radical (unpaired) electrons. The molecule has 11 heteroatoms. The van der Waals surface area contributed by atoms with E-state index < -0.39 is 11.6 Å². The number of benzene rings is 2. The summed E-state index contributed by atoms with van der Waals surface area (Å²) < 4.78 is 44.0. The van der Waals surface area contributed by atoms with Gasteiger partial charge in [0, 0.05) is 48.6 Å². The Morgan fingerprint density at radius 1 is 1.17 bits per heavy atom. The maximum absolute atomic E-state index is 16.7. The Morgan fingerprint density at radius 2 is 1.98 bits per heavy atom. The molecule has 3 atom stereocenters. The number of hydrogen-bond donors (Lipinski definition) is 0. The van der Waals surface area contributed by atoms with Crippen LogP contribution in [0.3, 0.4) is 0 Å². The number of furan rings is 1. The molecule has 8 nitrogen and oxygen atoms in total. The highest BCUT2D eigenvalue weighted by Gasteiger charge is 2.44. The first-order valence-electron chi connectivity index (χ1n) is 13.9. The lowest BCUT2D eigenvalue weighted by molar-refractivity contribution is -0.128. The van der Waals surface area contributed by atoms with Gasteiger partial charge in [-0.25, -0.2) is 13.8 Å². The van der Waals surface area contributed by atoms with E-state index in [1.165, 1.54) is 18.4 Å². The zero-order valence-corrected chi connectivity index (χ0v) is 24.3. The van der Waals surface area contributed by atoms with Crippen molar-refractivity contribution in [3.8, 4) is 17.0 Å². The van der Waals surface area contributed by atoms with Gasteiger partial charge in [0.25, 0.3) is 0 Å². The first-order valence-corrected chi connectivity index (χ1v) is 14.3. The number of carbonyl (C=O) groups excluding carboxylic acids is 1. The zero-order chi connectivity index (χ0) is 29.4. The predicted octanol–water partition coefficient (Wildman–Crippen LogP) is 5.31. The average molecular weight is 594 g/mol. The van der Waals surface area contributed by atoms with Gasteiger partial charge in [0.15, 0.2) is 5.82 Å². The fraction of sp³-hybridized carbons (Fsp3) is 0.355. The molecule has 1 fully saturated rings. The second-order valence-electron chi connectivity index (χ2n) is 11.6. The van der Waals surface area contributed by atoms with Crippen LogP contribution in [0.2, 0.25) is 5.02 Å². The molecule has 218 valence electrons. The van der Waals surface area contributed by atoms with Crippen LogP contribution in [-0.4, -0.2) is 85.7 Å². The maximum atomic E-state index is 16.7. The third-order valence-electron chi connectivity index (χ3n) is 8.51. The molecule has 7 rings (SSSR count). The first kappa shape index (κ1) is 27.0. The maximum Gasteiger partial charge on any atom is 0.246 e. The topological polar surface area (TPSA) is 65.3 Å². The van der Waals surface area contributed by atoms with E-state index in [1.54, 1.807) is 18.2 Å². The molecule has 1 saturated heterocycles. The molecule has 2 aromatic heterocycles. The standard InChI is InChI=1S/C31H30ClF2N5O3/c1-5-23(40)38-13-18-12-37-15-19(14-36(3)4)42-31-29(37)28(39(18)11-16(38)2)20-10-21(32)24(26(34)27(20)35-31)25-22(33)7-6-17-8-9-41-30(17)25/h5-10,16,18-19H,1,11-15H2,2-4H3/t16-,18-,19-/m1/s1. The molecule has 42 heavy (non-hydrogen) atoms. The van der Waals surface area contributed by atoms with Gasteiger partial charge >= 0.3 is 0 Å².